The summed E-state index contributed by atoms with van der Waals surface area (Å²) in [5, 5.41) is -0.151. The number of primary amides is 1. The van der Waals surface area contributed by atoms with Crippen LogP contribution in [0.25, 0.3) is 0 Å². The number of nitrogens with two attached hydrogens (primary N) is 1. The van der Waals surface area contributed by atoms with E-state index < -0.39 is 17.1 Å². The topological polar surface area (TPSA) is 86.5 Å². The molecule has 0 aromatic heterocycles. The largest absolute Gasteiger partial charge is 0.611 e. The van der Waals surface area contributed by atoms with Crippen LogP contribution in [0.15, 0.2) is 53.4 Å². The number of benzene rings is 2. The van der Waals surface area contributed by atoms with E-state index in [1.807, 2.05) is 0 Å². The van der Waals surface area contributed by atoms with E-state index in [9.17, 15) is 18.5 Å². The van der Waals surface area contributed by atoms with Gasteiger partial charge >= 0.3 is 0 Å². The molecule has 5 nitrogen and oxygen atoms in total. The third kappa shape index (κ3) is 4.23. The minimum absolute atomic E-state index is 0.0459. The highest BCUT2D eigenvalue weighted by Crippen LogP contribution is 2.24. The molecule has 1 unspecified atom stereocenters. The lowest BCUT2D eigenvalue weighted by atomic mass is 10.1. The molecular weight excluding hydrogens is 355 g/mol. The summed E-state index contributed by atoms with van der Waals surface area (Å²) in [7, 11) is 0. The summed E-state index contributed by atoms with van der Waals surface area (Å²) >= 11 is -1.27. The van der Waals surface area contributed by atoms with Crippen molar-refractivity contribution in [2.45, 2.75) is 23.0 Å². The number of hydrogen-bond donors (Lipinski definition) is 1. The van der Waals surface area contributed by atoms with E-state index >= 15 is 0 Å². The van der Waals surface area contributed by atoms with Crippen molar-refractivity contribution in [1.29, 1.82) is 0 Å². The van der Waals surface area contributed by atoms with Gasteiger partial charge in [0.1, 0.15) is 11.1 Å². The molecule has 0 saturated carbocycles. The highest BCUT2D eigenvalue weighted by atomic mass is 32.2. The first kappa shape index (κ1) is 18.4. The summed E-state index contributed by atoms with van der Waals surface area (Å²) in [6.45, 7) is 0.970. The quantitative estimate of drug-likeness (QED) is 0.811. The maximum absolute atomic E-state index is 13.0. The van der Waals surface area contributed by atoms with Gasteiger partial charge in [0.15, 0.2) is 4.90 Å². The van der Waals surface area contributed by atoms with Gasteiger partial charge in [-0.25, -0.2) is 4.39 Å². The Morgan fingerprint density at radius 1 is 1.15 bits per heavy atom. The van der Waals surface area contributed by atoms with Crippen molar-refractivity contribution in [1.82, 2.24) is 4.90 Å². The maximum atomic E-state index is 13.0. The van der Waals surface area contributed by atoms with Crippen molar-refractivity contribution in [3.63, 3.8) is 0 Å². The first-order chi connectivity index (χ1) is 12.4. The minimum Gasteiger partial charge on any atom is -0.611 e. The summed E-state index contributed by atoms with van der Waals surface area (Å²) in [6.07, 6.45) is 0.866. The summed E-state index contributed by atoms with van der Waals surface area (Å²) in [5.74, 6) is -0.916. The smallest absolute Gasteiger partial charge is 0.248 e. The van der Waals surface area contributed by atoms with Gasteiger partial charge in [0.05, 0.1) is 13.0 Å². The normalized spacial score (nSPS) is 17.9. The van der Waals surface area contributed by atoms with Crippen LogP contribution in [0.3, 0.4) is 0 Å². The number of nitrogens with zero attached hydrogens (tertiary/aromatic N) is 1. The predicted molar refractivity (Wildman–Crippen MR) is 96.5 cm³/mol. The van der Waals surface area contributed by atoms with Crippen molar-refractivity contribution >= 4 is 23.0 Å². The fourth-order valence-electron chi connectivity index (χ4n) is 2.96. The second-order valence-corrected chi connectivity index (χ2v) is 7.97. The maximum Gasteiger partial charge on any atom is 0.248 e. The zero-order valence-electron chi connectivity index (χ0n) is 14.1. The predicted octanol–water partition coefficient (Wildman–Crippen LogP) is 1.88. The Balaban J connectivity index is 1.58. The molecule has 26 heavy (non-hydrogen) atoms. The van der Waals surface area contributed by atoms with Crippen LogP contribution in [-0.4, -0.2) is 39.6 Å². The van der Waals surface area contributed by atoms with E-state index in [0.717, 1.165) is 5.56 Å². The van der Waals surface area contributed by atoms with Gasteiger partial charge in [-0.1, -0.05) is 12.1 Å². The third-order valence-corrected chi connectivity index (χ3v) is 6.17. The Morgan fingerprint density at radius 3 is 2.42 bits per heavy atom. The molecule has 1 aliphatic rings. The van der Waals surface area contributed by atoms with Crippen LogP contribution in [0.1, 0.15) is 22.3 Å². The SMILES string of the molecule is NC(=O)c1ccc(CC(=O)N2CC[C@H]([S+]([O-])c3ccc(F)cc3)C2)cc1. The molecule has 1 fully saturated rings. The van der Waals surface area contributed by atoms with E-state index in [1.54, 1.807) is 29.2 Å². The average molecular weight is 374 g/mol. The third-order valence-electron chi connectivity index (χ3n) is 4.44. The second-order valence-electron chi connectivity index (χ2n) is 6.24. The summed E-state index contributed by atoms with van der Waals surface area (Å²) in [6, 6.07) is 12.3. The lowest BCUT2D eigenvalue weighted by Crippen LogP contribution is -2.33. The molecule has 0 spiro atoms. The molecule has 0 aliphatic carbocycles. The van der Waals surface area contributed by atoms with Crippen LogP contribution in [-0.2, 0) is 22.4 Å². The highest BCUT2D eigenvalue weighted by Gasteiger charge is 2.35. The van der Waals surface area contributed by atoms with Gasteiger partial charge in [0.2, 0.25) is 11.8 Å². The van der Waals surface area contributed by atoms with Gasteiger partial charge in [0, 0.05) is 18.5 Å². The van der Waals surface area contributed by atoms with Crippen LogP contribution < -0.4 is 5.73 Å². The summed E-state index contributed by atoms with van der Waals surface area (Å²) < 4.78 is 25.6. The molecule has 2 atom stereocenters. The van der Waals surface area contributed by atoms with Crippen LogP contribution in [0.4, 0.5) is 4.39 Å². The number of likely N-dealkylation sites (tertiary alicyclic amines) is 1. The Hall–Kier alpha value is -2.38. The Morgan fingerprint density at radius 2 is 1.81 bits per heavy atom. The lowest BCUT2D eigenvalue weighted by molar-refractivity contribution is -0.129. The molecule has 1 heterocycles. The molecule has 2 amide bonds. The van der Waals surface area contributed by atoms with Crippen molar-refractivity contribution in [3.05, 3.63) is 65.5 Å². The summed E-state index contributed by atoms with van der Waals surface area (Å²) in [4.78, 5) is 25.8. The number of hydrogen-bond acceptors (Lipinski definition) is 3. The van der Waals surface area contributed by atoms with Gasteiger partial charge in [-0.2, -0.15) is 0 Å². The highest BCUT2D eigenvalue weighted by molar-refractivity contribution is 7.92. The van der Waals surface area contributed by atoms with Crippen LogP contribution in [0.2, 0.25) is 0 Å². The van der Waals surface area contributed by atoms with Gasteiger partial charge in [-0.05, 0) is 53.1 Å². The second kappa shape index (κ2) is 7.88. The molecule has 7 heteroatoms. The van der Waals surface area contributed by atoms with Gasteiger partial charge in [-0.3, -0.25) is 9.59 Å². The molecule has 2 N–H and O–H groups in total. The van der Waals surface area contributed by atoms with Crippen molar-refractivity contribution in [3.8, 4) is 0 Å². The van der Waals surface area contributed by atoms with E-state index in [2.05, 4.69) is 0 Å². The molecule has 136 valence electrons. The minimum atomic E-state index is -1.27. The van der Waals surface area contributed by atoms with E-state index in [0.29, 0.717) is 30.0 Å². The van der Waals surface area contributed by atoms with Gasteiger partial charge < -0.3 is 15.2 Å². The average Bonchev–Trinajstić information content (AvgIpc) is 3.12. The molecule has 2 aromatic carbocycles. The standard InChI is InChI=1S/C19H19FN2O3S/c20-15-5-7-16(8-6-15)26(25)17-9-10-22(12-17)18(23)11-13-1-3-14(4-2-13)19(21)24/h1-8,17H,9-12H2,(H2,21,24)/t17-,26?/m0/s1. The molecule has 3 rings (SSSR count). The Bertz CT molecular complexity index is 795. The fourth-order valence-corrected chi connectivity index (χ4v) is 4.39. The number of halogens is 1. The van der Waals surface area contributed by atoms with Gasteiger partial charge in [0.25, 0.3) is 0 Å². The van der Waals surface area contributed by atoms with Crippen LogP contribution in [0, 0.1) is 5.82 Å². The van der Waals surface area contributed by atoms with Crippen molar-refractivity contribution in [2.24, 2.45) is 5.73 Å². The Kier molecular flexibility index (Phi) is 5.58. The molecule has 2 aromatic rings. The van der Waals surface area contributed by atoms with Crippen LogP contribution >= 0.6 is 0 Å². The van der Waals surface area contributed by atoms with Crippen molar-refractivity contribution in [2.75, 3.05) is 13.1 Å². The molecule has 0 radical (unpaired) electrons. The first-order valence-corrected chi connectivity index (χ1v) is 9.48. The molecule has 1 saturated heterocycles. The van der Waals surface area contributed by atoms with Crippen LogP contribution in [0.5, 0.6) is 0 Å². The Labute approximate surface area is 154 Å². The number of rotatable bonds is 5. The molecule has 1 aliphatic heterocycles. The van der Waals surface area contributed by atoms with E-state index in [1.165, 1.54) is 24.3 Å². The van der Waals surface area contributed by atoms with Gasteiger partial charge in [-0.15, -0.1) is 0 Å². The zero-order valence-corrected chi connectivity index (χ0v) is 14.9. The zero-order chi connectivity index (χ0) is 18.7. The monoisotopic (exact) mass is 374 g/mol. The lowest BCUT2D eigenvalue weighted by Gasteiger charge is -2.19. The number of amides is 2. The first-order valence-electron chi connectivity index (χ1n) is 8.26. The summed E-state index contributed by atoms with van der Waals surface area (Å²) in [5.41, 5.74) is 6.40. The number of carbonyl (C=O) groups is 2. The number of carbonyl (C=O) groups excluding carboxylic acids is 2. The molecular formula is C19H19FN2O3S. The van der Waals surface area contributed by atoms with E-state index in [4.69, 9.17) is 5.73 Å². The van der Waals surface area contributed by atoms with E-state index in [-0.39, 0.29) is 23.4 Å². The fraction of sp³-hybridized carbons (Fsp3) is 0.263. The molecule has 0 bridgehead atoms. The van der Waals surface area contributed by atoms with Crippen molar-refractivity contribution < 1.29 is 18.5 Å².